The molecule has 0 aliphatic carbocycles. The number of urea groups is 1. The van der Waals surface area contributed by atoms with Crippen LogP contribution in [0.15, 0.2) is 0 Å². The highest BCUT2D eigenvalue weighted by molar-refractivity contribution is 5.76. The molecule has 2 amide bonds. The molecule has 1 fully saturated rings. The number of carbonyl (C=O) groups excluding carboxylic acids is 1. The van der Waals surface area contributed by atoms with E-state index in [1.807, 2.05) is 0 Å². The molecule has 0 saturated carbocycles. The zero-order valence-corrected chi connectivity index (χ0v) is 11.6. The third-order valence-corrected chi connectivity index (χ3v) is 3.35. The van der Waals surface area contributed by atoms with Crippen LogP contribution in [0.1, 0.15) is 6.92 Å². The number of nitrogens with zero attached hydrogens (tertiary/aromatic N) is 3. The van der Waals surface area contributed by atoms with Crippen molar-refractivity contribution in [1.82, 2.24) is 14.7 Å². The minimum Gasteiger partial charge on any atom is -0.481 e. The van der Waals surface area contributed by atoms with Gasteiger partial charge in [0.05, 0.1) is 12.5 Å². The van der Waals surface area contributed by atoms with Crippen molar-refractivity contribution in [1.29, 1.82) is 0 Å². The van der Waals surface area contributed by atoms with Crippen molar-refractivity contribution < 1.29 is 19.8 Å². The molecule has 0 aromatic heterocycles. The minimum absolute atomic E-state index is 0.128. The molecule has 1 aliphatic rings. The average molecular weight is 273 g/mol. The van der Waals surface area contributed by atoms with Crippen LogP contribution in [-0.4, -0.2) is 89.8 Å². The molecule has 0 radical (unpaired) electrons. The number of hydrogen-bond acceptors (Lipinski definition) is 4. The predicted octanol–water partition coefficient (Wildman–Crippen LogP) is -0.631. The lowest BCUT2D eigenvalue weighted by Gasteiger charge is -2.36. The molecule has 0 aromatic rings. The van der Waals surface area contributed by atoms with E-state index in [4.69, 9.17) is 10.2 Å². The Morgan fingerprint density at radius 3 is 2.32 bits per heavy atom. The summed E-state index contributed by atoms with van der Waals surface area (Å²) in [6.07, 6.45) is 0. The summed E-state index contributed by atoms with van der Waals surface area (Å²) in [5.41, 5.74) is 0. The molecule has 2 N–H and O–H groups in total. The van der Waals surface area contributed by atoms with Crippen molar-refractivity contribution in [2.45, 2.75) is 6.92 Å². The Morgan fingerprint density at radius 2 is 1.84 bits per heavy atom. The van der Waals surface area contributed by atoms with E-state index >= 15 is 0 Å². The number of piperazine rings is 1. The molecule has 7 nitrogen and oxygen atoms in total. The summed E-state index contributed by atoms with van der Waals surface area (Å²) in [7, 11) is 1.63. The summed E-state index contributed by atoms with van der Waals surface area (Å²) in [5, 5.41) is 17.7. The Bertz CT molecular complexity index is 316. The van der Waals surface area contributed by atoms with Crippen molar-refractivity contribution in [3.63, 3.8) is 0 Å². The fourth-order valence-electron chi connectivity index (χ4n) is 2.11. The first kappa shape index (κ1) is 15.7. The molecule has 0 aromatic carbocycles. The van der Waals surface area contributed by atoms with Gasteiger partial charge in [0.15, 0.2) is 0 Å². The lowest BCUT2D eigenvalue weighted by atomic mass is 10.2. The number of aliphatic hydroxyl groups is 1. The Kier molecular flexibility index (Phi) is 6.04. The molecular weight excluding hydrogens is 250 g/mol. The highest BCUT2D eigenvalue weighted by atomic mass is 16.4. The SMILES string of the molecule is CC(CN(C)C(=O)N1CCN(CCO)CC1)C(=O)O. The second-order valence-electron chi connectivity index (χ2n) is 4.95. The van der Waals surface area contributed by atoms with Crippen LogP contribution in [0.25, 0.3) is 0 Å². The first-order chi connectivity index (χ1) is 8.95. The normalized spacial score (nSPS) is 18.2. The number of hydrogen-bond donors (Lipinski definition) is 2. The molecular formula is C12H23N3O4. The van der Waals surface area contributed by atoms with E-state index in [0.29, 0.717) is 19.6 Å². The van der Waals surface area contributed by atoms with Crippen LogP contribution in [0.5, 0.6) is 0 Å². The van der Waals surface area contributed by atoms with E-state index in [1.165, 1.54) is 4.90 Å². The molecule has 1 atom stereocenters. The fourth-order valence-corrected chi connectivity index (χ4v) is 2.11. The van der Waals surface area contributed by atoms with Gasteiger partial charge in [-0.15, -0.1) is 0 Å². The summed E-state index contributed by atoms with van der Waals surface area (Å²) >= 11 is 0. The van der Waals surface area contributed by atoms with Gasteiger partial charge in [0.25, 0.3) is 0 Å². The second-order valence-corrected chi connectivity index (χ2v) is 4.95. The van der Waals surface area contributed by atoms with Crippen LogP contribution in [0.3, 0.4) is 0 Å². The minimum atomic E-state index is -0.896. The Hall–Kier alpha value is -1.34. The monoisotopic (exact) mass is 273 g/mol. The smallest absolute Gasteiger partial charge is 0.319 e. The van der Waals surface area contributed by atoms with Gasteiger partial charge in [-0.3, -0.25) is 9.69 Å². The second kappa shape index (κ2) is 7.30. The van der Waals surface area contributed by atoms with Crippen LogP contribution >= 0.6 is 0 Å². The summed E-state index contributed by atoms with van der Waals surface area (Å²) in [6, 6.07) is -0.128. The van der Waals surface area contributed by atoms with Gasteiger partial charge in [0.1, 0.15) is 0 Å². The number of aliphatic carboxylic acids is 1. The molecule has 1 rings (SSSR count). The van der Waals surface area contributed by atoms with Crippen LogP contribution in [0.2, 0.25) is 0 Å². The fraction of sp³-hybridized carbons (Fsp3) is 0.833. The van der Waals surface area contributed by atoms with Crippen molar-refractivity contribution >= 4 is 12.0 Å². The lowest BCUT2D eigenvalue weighted by molar-refractivity contribution is -0.141. The lowest BCUT2D eigenvalue weighted by Crippen LogP contribution is -2.53. The van der Waals surface area contributed by atoms with E-state index in [0.717, 1.165) is 13.1 Å². The quantitative estimate of drug-likeness (QED) is 0.696. The van der Waals surface area contributed by atoms with Crippen molar-refractivity contribution in [3.8, 4) is 0 Å². The summed E-state index contributed by atoms with van der Waals surface area (Å²) in [4.78, 5) is 28.2. The number of aliphatic hydroxyl groups excluding tert-OH is 1. The van der Waals surface area contributed by atoms with E-state index < -0.39 is 11.9 Å². The van der Waals surface area contributed by atoms with Gasteiger partial charge >= 0.3 is 12.0 Å². The number of carbonyl (C=O) groups is 2. The maximum Gasteiger partial charge on any atom is 0.319 e. The third kappa shape index (κ3) is 4.68. The Morgan fingerprint density at radius 1 is 1.26 bits per heavy atom. The van der Waals surface area contributed by atoms with Crippen molar-refractivity contribution in [3.05, 3.63) is 0 Å². The molecule has 7 heteroatoms. The number of carboxylic acid groups (broad SMARTS) is 1. The van der Waals surface area contributed by atoms with Gasteiger partial charge in [-0.05, 0) is 0 Å². The molecule has 110 valence electrons. The third-order valence-electron chi connectivity index (χ3n) is 3.35. The van der Waals surface area contributed by atoms with Crippen LogP contribution in [0, 0.1) is 5.92 Å². The van der Waals surface area contributed by atoms with E-state index in [2.05, 4.69) is 4.90 Å². The van der Waals surface area contributed by atoms with Gasteiger partial charge in [-0.1, -0.05) is 6.92 Å². The molecule has 1 heterocycles. The zero-order chi connectivity index (χ0) is 14.4. The molecule has 1 unspecified atom stereocenters. The Labute approximate surface area is 113 Å². The highest BCUT2D eigenvalue weighted by Crippen LogP contribution is 2.06. The molecule has 0 spiro atoms. The zero-order valence-electron chi connectivity index (χ0n) is 11.6. The molecule has 1 aliphatic heterocycles. The highest BCUT2D eigenvalue weighted by Gasteiger charge is 2.25. The summed E-state index contributed by atoms with van der Waals surface area (Å²) < 4.78 is 0. The number of β-amino-alcohol motifs (C(OH)–C–C–N with tert-alkyl or cyclic N) is 1. The van der Waals surface area contributed by atoms with Crippen LogP contribution in [0.4, 0.5) is 4.79 Å². The first-order valence-electron chi connectivity index (χ1n) is 6.51. The standard InChI is InChI=1S/C12H23N3O4/c1-10(11(17)18)9-13(2)12(19)15-5-3-14(4-6-15)7-8-16/h10,16H,3-9H2,1-2H3,(H,17,18). The molecule has 0 bridgehead atoms. The van der Waals surface area contributed by atoms with Gasteiger partial charge in [-0.2, -0.15) is 0 Å². The van der Waals surface area contributed by atoms with Gasteiger partial charge in [0.2, 0.25) is 0 Å². The summed E-state index contributed by atoms with van der Waals surface area (Å²) in [6.45, 7) is 5.28. The van der Waals surface area contributed by atoms with E-state index in [9.17, 15) is 9.59 Å². The maximum atomic E-state index is 12.1. The predicted molar refractivity (Wildman–Crippen MR) is 69.9 cm³/mol. The Balaban J connectivity index is 2.40. The van der Waals surface area contributed by atoms with E-state index in [-0.39, 0.29) is 19.2 Å². The topological polar surface area (TPSA) is 84.3 Å². The van der Waals surface area contributed by atoms with Crippen LogP contribution < -0.4 is 0 Å². The number of carboxylic acids is 1. The average Bonchev–Trinajstić information content (AvgIpc) is 2.39. The van der Waals surface area contributed by atoms with Gasteiger partial charge < -0.3 is 20.0 Å². The number of rotatable bonds is 5. The van der Waals surface area contributed by atoms with Gasteiger partial charge in [-0.25, -0.2) is 4.79 Å². The summed E-state index contributed by atoms with van der Waals surface area (Å²) in [5.74, 6) is -1.46. The largest absolute Gasteiger partial charge is 0.481 e. The van der Waals surface area contributed by atoms with Gasteiger partial charge in [0, 0.05) is 46.3 Å². The van der Waals surface area contributed by atoms with Crippen molar-refractivity contribution in [2.24, 2.45) is 5.92 Å². The molecule has 19 heavy (non-hydrogen) atoms. The molecule has 1 saturated heterocycles. The first-order valence-corrected chi connectivity index (χ1v) is 6.51. The van der Waals surface area contributed by atoms with Crippen molar-refractivity contribution in [2.75, 3.05) is 52.9 Å². The van der Waals surface area contributed by atoms with E-state index in [1.54, 1.807) is 18.9 Å². The maximum absolute atomic E-state index is 12.1. The number of amides is 2. The van der Waals surface area contributed by atoms with Crippen LogP contribution in [-0.2, 0) is 4.79 Å².